The molecule has 0 saturated carbocycles. The maximum atomic E-state index is 11.7. The van der Waals surface area contributed by atoms with Gasteiger partial charge in [0.2, 0.25) is 0 Å². The van der Waals surface area contributed by atoms with E-state index in [1.54, 1.807) is 28.9 Å². The van der Waals surface area contributed by atoms with E-state index in [2.05, 4.69) is 10.3 Å². The van der Waals surface area contributed by atoms with Crippen molar-refractivity contribution in [3.05, 3.63) is 89.7 Å². The standard InChI is InChI=1S/C23H18ClN5O2S/c1-32(30,31)19-11-5-16(6-12-19)14-28-15-20(26-27-28)23-22(17-7-9-18(24)10-8-17)25-21-4-2-3-13-29(21)23/h2-13,15H,14H2,1H3. The molecule has 0 radical (unpaired) electrons. The first kappa shape index (κ1) is 20.4. The molecule has 0 saturated heterocycles. The predicted octanol–water partition coefficient (Wildman–Crippen LogP) is 4.37. The van der Waals surface area contributed by atoms with Crippen LogP contribution >= 0.6 is 11.6 Å². The Labute approximate surface area is 189 Å². The number of pyridine rings is 1. The summed E-state index contributed by atoms with van der Waals surface area (Å²) in [5.41, 5.74) is 4.96. The summed E-state index contributed by atoms with van der Waals surface area (Å²) in [4.78, 5) is 5.09. The lowest BCUT2D eigenvalue weighted by molar-refractivity contribution is 0.601. The average Bonchev–Trinajstić information content (AvgIpc) is 3.38. The Hall–Kier alpha value is -3.49. The summed E-state index contributed by atoms with van der Waals surface area (Å²) in [6.07, 6.45) is 5.00. The highest BCUT2D eigenvalue weighted by atomic mass is 35.5. The molecule has 3 aromatic heterocycles. The molecule has 5 aromatic rings. The van der Waals surface area contributed by atoms with Crippen LogP contribution in [0.4, 0.5) is 0 Å². The number of sulfone groups is 1. The zero-order valence-corrected chi connectivity index (χ0v) is 18.6. The van der Waals surface area contributed by atoms with Gasteiger partial charge in [-0.15, -0.1) is 5.10 Å². The fourth-order valence-electron chi connectivity index (χ4n) is 3.56. The number of nitrogens with zero attached hydrogens (tertiary/aromatic N) is 5. The second-order valence-corrected chi connectivity index (χ2v) is 9.91. The van der Waals surface area contributed by atoms with Gasteiger partial charge in [0.05, 0.1) is 23.3 Å². The normalized spacial score (nSPS) is 11.8. The van der Waals surface area contributed by atoms with E-state index < -0.39 is 9.84 Å². The van der Waals surface area contributed by atoms with E-state index >= 15 is 0 Å². The summed E-state index contributed by atoms with van der Waals surface area (Å²) >= 11 is 6.06. The Bertz CT molecular complexity index is 1520. The van der Waals surface area contributed by atoms with Crippen molar-refractivity contribution in [2.45, 2.75) is 11.4 Å². The Morgan fingerprint density at radius 1 is 0.969 bits per heavy atom. The fourth-order valence-corrected chi connectivity index (χ4v) is 4.32. The van der Waals surface area contributed by atoms with Crippen LogP contribution in [0, 0.1) is 0 Å². The van der Waals surface area contributed by atoms with E-state index in [-0.39, 0.29) is 0 Å². The first-order valence-electron chi connectivity index (χ1n) is 9.81. The number of fused-ring (bicyclic) bond motifs is 1. The Kier molecular flexibility index (Phi) is 5.03. The molecule has 32 heavy (non-hydrogen) atoms. The molecule has 0 atom stereocenters. The van der Waals surface area contributed by atoms with Gasteiger partial charge in [-0.3, -0.25) is 4.40 Å². The van der Waals surface area contributed by atoms with E-state index in [0.29, 0.717) is 22.2 Å². The molecule has 0 N–H and O–H groups in total. The van der Waals surface area contributed by atoms with Crippen LogP contribution in [0.2, 0.25) is 5.02 Å². The van der Waals surface area contributed by atoms with Crippen molar-refractivity contribution in [3.63, 3.8) is 0 Å². The van der Waals surface area contributed by atoms with Crippen LogP contribution in [0.15, 0.2) is 84.0 Å². The predicted molar refractivity (Wildman–Crippen MR) is 123 cm³/mol. The number of aromatic nitrogens is 5. The molecular formula is C23H18ClN5O2S. The molecule has 0 aliphatic heterocycles. The molecule has 3 heterocycles. The monoisotopic (exact) mass is 463 g/mol. The first-order chi connectivity index (χ1) is 15.4. The first-order valence-corrected chi connectivity index (χ1v) is 12.1. The number of rotatable bonds is 5. The van der Waals surface area contributed by atoms with Crippen molar-refractivity contribution in [2.75, 3.05) is 6.26 Å². The minimum atomic E-state index is -3.23. The molecular weight excluding hydrogens is 446 g/mol. The van der Waals surface area contributed by atoms with Gasteiger partial charge in [0.1, 0.15) is 17.0 Å². The molecule has 0 bridgehead atoms. The highest BCUT2D eigenvalue weighted by Crippen LogP contribution is 2.32. The molecule has 0 fully saturated rings. The third-order valence-electron chi connectivity index (χ3n) is 5.12. The van der Waals surface area contributed by atoms with Gasteiger partial charge >= 0.3 is 0 Å². The fraction of sp³-hybridized carbons (Fsp3) is 0.0870. The molecule has 9 heteroatoms. The number of imidazole rings is 1. The number of halogens is 1. The van der Waals surface area contributed by atoms with E-state index in [0.717, 1.165) is 28.2 Å². The third-order valence-corrected chi connectivity index (χ3v) is 6.51. The van der Waals surface area contributed by atoms with Crippen molar-refractivity contribution < 1.29 is 8.42 Å². The Morgan fingerprint density at radius 3 is 2.44 bits per heavy atom. The summed E-state index contributed by atoms with van der Waals surface area (Å²) in [6, 6.07) is 20.1. The molecule has 5 rings (SSSR count). The van der Waals surface area contributed by atoms with Crippen LogP contribution in [0.25, 0.3) is 28.3 Å². The number of benzene rings is 2. The lowest BCUT2D eigenvalue weighted by Gasteiger charge is -2.03. The largest absolute Gasteiger partial charge is 0.298 e. The zero-order chi connectivity index (χ0) is 22.3. The molecule has 0 unspecified atom stereocenters. The second-order valence-electron chi connectivity index (χ2n) is 7.46. The van der Waals surface area contributed by atoms with Gasteiger partial charge in [0.15, 0.2) is 9.84 Å². The van der Waals surface area contributed by atoms with Gasteiger partial charge in [-0.2, -0.15) is 0 Å². The van der Waals surface area contributed by atoms with Crippen LogP contribution in [-0.4, -0.2) is 39.1 Å². The molecule has 7 nitrogen and oxygen atoms in total. The minimum absolute atomic E-state index is 0.291. The van der Waals surface area contributed by atoms with Gasteiger partial charge in [0, 0.05) is 23.0 Å². The van der Waals surface area contributed by atoms with E-state index in [1.807, 2.05) is 59.3 Å². The minimum Gasteiger partial charge on any atom is -0.298 e. The maximum Gasteiger partial charge on any atom is 0.175 e. The van der Waals surface area contributed by atoms with E-state index in [1.165, 1.54) is 6.26 Å². The van der Waals surface area contributed by atoms with Crippen molar-refractivity contribution in [3.8, 4) is 22.6 Å². The molecule has 0 aliphatic rings. The quantitative estimate of drug-likeness (QED) is 0.386. The van der Waals surface area contributed by atoms with Crippen molar-refractivity contribution in [1.29, 1.82) is 0 Å². The summed E-state index contributed by atoms with van der Waals surface area (Å²) in [5, 5.41) is 9.34. The Morgan fingerprint density at radius 2 is 1.72 bits per heavy atom. The highest BCUT2D eigenvalue weighted by Gasteiger charge is 2.18. The Balaban J connectivity index is 1.53. The number of hydrogen-bond acceptors (Lipinski definition) is 5. The summed E-state index contributed by atoms with van der Waals surface area (Å²) in [6.45, 7) is 0.462. The van der Waals surface area contributed by atoms with Gasteiger partial charge in [-0.1, -0.05) is 47.1 Å². The average molecular weight is 464 g/mol. The summed E-state index contributed by atoms with van der Waals surface area (Å²) in [5.74, 6) is 0. The molecule has 0 amide bonds. The lowest BCUT2D eigenvalue weighted by Crippen LogP contribution is -2.02. The molecule has 160 valence electrons. The van der Waals surface area contributed by atoms with Crippen molar-refractivity contribution in [2.24, 2.45) is 0 Å². The number of hydrogen-bond donors (Lipinski definition) is 0. The van der Waals surface area contributed by atoms with Crippen LogP contribution in [-0.2, 0) is 16.4 Å². The van der Waals surface area contributed by atoms with Gasteiger partial charge in [-0.25, -0.2) is 18.1 Å². The third kappa shape index (κ3) is 3.90. The van der Waals surface area contributed by atoms with E-state index in [9.17, 15) is 8.42 Å². The van der Waals surface area contributed by atoms with Gasteiger partial charge in [0.25, 0.3) is 0 Å². The van der Waals surface area contributed by atoms with Crippen LogP contribution in [0.5, 0.6) is 0 Å². The topological polar surface area (TPSA) is 82.2 Å². The second kappa shape index (κ2) is 7.89. The van der Waals surface area contributed by atoms with Gasteiger partial charge in [-0.05, 0) is 42.0 Å². The smallest absolute Gasteiger partial charge is 0.175 e. The van der Waals surface area contributed by atoms with Crippen LogP contribution in [0.1, 0.15) is 5.56 Å². The molecule has 2 aromatic carbocycles. The van der Waals surface area contributed by atoms with E-state index in [4.69, 9.17) is 16.6 Å². The molecule has 0 aliphatic carbocycles. The maximum absolute atomic E-state index is 11.7. The van der Waals surface area contributed by atoms with Gasteiger partial charge < -0.3 is 0 Å². The highest BCUT2D eigenvalue weighted by molar-refractivity contribution is 7.90. The molecule has 0 spiro atoms. The van der Waals surface area contributed by atoms with Crippen LogP contribution in [0.3, 0.4) is 0 Å². The summed E-state index contributed by atoms with van der Waals surface area (Å²) in [7, 11) is -3.23. The SMILES string of the molecule is CS(=O)(=O)c1ccc(Cn2cc(-c3c(-c4ccc(Cl)cc4)nc4ccccn34)nn2)cc1. The zero-order valence-electron chi connectivity index (χ0n) is 17.1. The van der Waals surface area contributed by atoms with Crippen molar-refractivity contribution >= 4 is 27.1 Å². The van der Waals surface area contributed by atoms with Crippen LogP contribution < -0.4 is 0 Å². The van der Waals surface area contributed by atoms with Crippen molar-refractivity contribution in [1.82, 2.24) is 24.4 Å². The lowest BCUT2D eigenvalue weighted by atomic mass is 10.1. The summed E-state index contributed by atoms with van der Waals surface area (Å²) < 4.78 is 27.0.